The van der Waals surface area contributed by atoms with Crippen LogP contribution in [-0.4, -0.2) is 51.1 Å². The number of benzene rings is 1. The first-order valence-corrected chi connectivity index (χ1v) is 7.48. The van der Waals surface area contributed by atoms with Crippen molar-refractivity contribution in [3.8, 4) is 0 Å². The van der Waals surface area contributed by atoms with E-state index < -0.39 is 14.9 Å². The quantitative estimate of drug-likeness (QED) is 0.574. The van der Waals surface area contributed by atoms with Gasteiger partial charge in [0, 0.05) is 51.2 Å². The molecule has 0 aliphatic rings. The second-order valence-corrected chi connectivity index (χ2v) is 6.60. The van der Waals surface area contributed by atoms with Crippen LogP contribution >= 0.6 is 0 Å². The van der Waals surface area contributed by atoms with Gasteiger partial charge >= 0.3 is 0 Å². The van der Waals surface area contributed by atoms with Gasteiger partial charge in [-0.1, -0.05) is 0 Å². The Bertz CT molecular complexity index is 586. The predicted molar refractivity (Wildman–Crippen MR) is 78.6 cm³/mol. The van der Waals surface area contributed by atoms with E-state index in [2.05, 4.69) is 10.6 Å². The zero-order chi connectivity index (χ0) is 15.3. The van der Waals surface area contributed by atoms with Gasteiger partial charge in [0.15, 0.2) is 0 Å². The number of hydrogen-bond acceptors (Lipinski definition) is 6. The van der Waals surface area contributed by atoms with Crippen LogP contribution in [0.3, 0.4) is 0 Å². The van der Waals surface area contributed by atoms with Gasteiger partial charge in [-0.15, -0.1) is 0 Å². The van der Waals surface area contributed by atoms with Crippen molar-refractivity contribution in [2.45, 2.75) is 0 Å². The number of hydrogen-bond donors (Lipinski definition) is 2. The van der Waals surface area contributed by atoms with Crippen LogP contribution in [-0.2, 0) is 10.0 Å². The van der Waals surface area contributed by atoms with Gasteiger partial charge in [0.25, 0.3) is 5.69 Å². The monoisotopic (exact) mass is 302 g/mol. The van der Waals surface area contributed by atoms with Crippen LogP contribution in [0, 0.1) is 10.1 Å². The molecule has 0 aromatic heterocycles. The SMILES string of the molecule is CNc1cc(NCCS(=O)(=O)N(C)C)cc([N+](=O)[O-])c1. The molecule has 0 saturated heterocycles. The Morgan fingerprint density at radius 2 is 1.85 bits per heavy atom. The molecule has 112 valence electrons. The van der Waals surface area contributed by atoms with E-state index in [0.717, 1.165) is 4.31 Å². The third-order valence-corrected chi connectivity index (χ3v) is 4.50. The summed E-state index contributed by atoms with van der Waals surface area (Å²) in [5, 5.41) is 16.5. The minimum atomic E-state index is -3.29. The van der Waals surface area contributed by atoms with Crippen molar-refractivity contribution in [3.63, 3.8) is 0 Å². The smallest absolute Gasteiger partial charge is 0.273 e. The molecule has 1 aromatic rings. The molecule has 0 aliphatic heterocycles. The number of nitrogens with one attached hydrogen (secondary N) is 2. The first-order valence-electron chi connectivity index (χ1n) is 5.87. The maximum atomic E-state index is 11.6. The molecule has 0 unspecified atom stereocenters. The number of non-ortho nitro benzene ring substituents is 1. The fourth-order valence-electron chi connectivity index (χ4n) is 1.47. The zero-order valence-electron chi connectivity index (χ0n) is 11.6. The molecule has 1 rings (SSSR count). The first kappa shape index (κ1) is 16.2. The molecule has 0 radical (unpaired) electrons. The third kappa shape index (κ3) is 4.35. The summed E-state index contributed by atoms with van der Waals surface area (Å²) in [7, 11) is 1.28. The standard InChI is InChI=1S/C11H18N4O4S/c1-12-9-6-10(8-11(7-9)15(16)17)13-4-5-20(18,19)14(2)3/h6-8,12-13H,4-5H2,1-3H3. The molecule has 0 amide bonds. The maximum Gasteiger partial charge on any atom is 0.273 e. The second kappa shape index (κ2) is 6.53. The molecule has 0 aliphatic carbocycles. The lowest BCUT2D eigenvalue weighted by Gasteiger charge is -2.12. The lowest BCUT2D eigenvalue weighted by Crippen LogP contribution is -2.28. The van der Waals surface area contributed by atoms with Crippen LogP contribution in [0.15, 0.2) is 18.2 Å². The molecule has 0 fully saturated rings. The van der Waals surface area contributed by atoms with Crippen molar-refractivity contribution < 1.29 is 13.3 Å². The first-order chi connectivity index (χ1) is 9.26. The van der Waals surface area contributed by atoms with Crippen molar-refractivity contribution in [2.75, 3.05) is 44.1 Å². The number of rotatable bonds is 7. The van der Waals surface area contributed by atoms with Crippen molar-refractivity contribution in [1.29, 1.82) is 0 Å². The molecule has 0 heterocycles. The molecule has 2 N–H and O–H groups in total. The van der Waals surface area contributed by atoms with Gasteiger partial charge in [0.2, 0.25) is 10.0 Å². The van der Waals surface area contributed by atoms with Crippen molar-refractivity contribution in [3.05, 3.63) is 28.3 Å². The van der Waals surface area contributed by atoms with E-state index in [1.54, 1.807) is 13.1 Å². The molecule has 0 spiro atoms. The Kier molecular flexibility index (Phi) is 5.28. The van der Waals surface area contributed by atoms with Crippen molar-refractivity contribution in [2.24, 2.45) is 0 Å². The summed E-state index contributed by atoms with van der Waals surface area (Å²) in [5.41, 5.74) is 1.02. The molecule has 9 heteroatoms. The van der Waals surface area contributed by atoms with Crippen molar-refractivity contribution in [1.82, 2.24) is 4.31 Å². The Hall–Kier alpha value is -1.87. The molecule has 0 saturated carbocycles. The van der Waals surface area contributed by atoms with Gasteiger partial charge < -0.3 is 10.6 Å². The highest BCUT2D eigenvalue weighted by Crippen LogP contribution is 2.23. The van der Waals surface area contributed by atoms with Gasteiger partial charge in [-0.05, 0) is 6.07 Å². The summed E-state index contributed by atoms with van der Waals surface area (Å²) in [6.07, 6.45) is 0. The molecule has 20 heavy (non-hydrogen) atoms. The predicted octanol–water partition coefficient (Wildman–Crippen LogP) is 0.940. The summed E-state index contributed by atoms with van der Waals surface area (Å²) in [5.74, 6) is -0.0857. The van der Waals surface area contributed by atoms with Gasteiger partial charge in [-0.3, -0.25) is 10.1 Å². The van der Waals surface area contributed by atoms with Gasteiger partial charge in [0.1, 0.15) is 0 Å². The van der Waals surface area contributed by atoms with E-state index in [0.29, 0.717) is 11.4 Å². The van der Waals surface area contributed by atoms with E-state index in [4.69, 9.17) is 0 Å². The highest BCUT2D eigenvalue weighted by atomic mass is 32.2. The minimum Gasteiger partial charge on any atom is -0.388 e. The average Bonchev–Trinajstić information content (AvgIpc) is 2.37. The van der Waals surface area contributed by atoms with Crippen LogP contribution in [0.1, 0.15) is 0 Å². The van der Waals surface area contributed by atoms with Gasteiger partial charge in [-0.2, -0.15) is 0 Å². The highest BCUT2D eigenvalue weighted by molar-refractivity contribution is 7.89. The number of sulfonamides is 1. The summed E-state index contributed by atoms with van der Waals surface area (Å²) in [6.45, 7) is 0.171. The average molecular weight is 302 g/mol. The number of nitro benzene ring substituents is 1. The van der Waals surface area contributed by atoms with Gasteiger partial charge in [-0.25, -0.2) is 12.7 Å². The summed E-state index contributed by atoms with van der Waals surface area (Å²) in [4.78, 5) is 10.3. The van der Waals surface area contributed by atoms with E-state index in [-0.39, 0.29) is 18.0 Å². The Morgan fingerprint density at radius 3 is 2.35 bits per heavy atom. The highest BCUT2D eigenvalue weighted by Gasteiger charge is 2.13. The lowest BCUT2D eigenvalue weighted by molar-refractivity contribution is -0.384. The third-order valence-electron chi connectivity index (χ3n) is 2.66. The molecule has 1 aromatic carbocycles. The Balaban J connectivity index is 2.78. The molecular weight excluding hydrogens is 284 g/mol. The molecule has 0 atom stereocenters. The summed E-state index contributed by atoms with van der Waals surface area (Å²) in [6, 6.07) is 4.44. The molecular formula is C11H18N4O4S. The van der Waals surface area contributed by atoms with Gasteiger partial charge in [0.05, 0.1) is 10.7 Å². The molecule has 8 nitrogen and oxygen atoms in total. The zero-order valence-corrected chi connectivity index (χ0v) is 12.4. The summed E-state index contributed by atoms with van der Waals surface area (Å²) < 4.78 is 24.3. The lowest BCUT2D eigenvalue weighted by atomic mass is 10.2. The Morgan fingerprint density at radius 1 is 1.25 bits per heavy atom. The van der Waals surface area contributed by atoms with Crippen molar-refractivity contribution >= 4 is 27.1 Å². The van der Waals surface area contributed by atoms with Crippen LogP contribution in [0.4, 0.5) is 17.1 Å². The number of nitro groups is 1. The van der Waals surface area contributed by atoms with E-state index in [1.165, 1.54) is 26.2 Å². The van der Waals surface area contributed by atoms with E-state index >= 15 is 0 Å². The van der Waals surface area contributed by atoms with Crippen LogP contribution in [0.2, 0.25) is 0 Å². The van der Waals surface area contributed by atoms with E-state index in [9.17, 15) is 18.5 Å². The van der Waals surface area contributed by atoms with Crippen LogP contribution in [0.25, 0.3) is 0 Å². The van der Waals surface area contributed by atoms with E-state index in [1.807, 2.05) is 0 Å². The Labute approximate surface area is 118 Å². The van der Waals surface area contributed by atoms with Crippen LogP contribution in [0.5, 0.6) is 0 Å². The fourth-order valence-corrected chi connectivity index (χ4v) is 2.20. The van der Waals surface area contributed by atoms with Crippen LogP contribution < -0.4 is 10.6 Å². The topological polar surface area (TPSA) is 105 Å². The summed E-state index contributed by atoms with van der Waals surface area (Å²) >= 11 is 0. The minimum absolute atomic E-state index is 0.0604. The normalized spacial score (nSPS) is 11.4. The number of nitrogens with zero attached hydrogens (tertiary/aromatic N) is 2. The second-order valence-electron chi connectivity index (χ2n) is 4.30. The maximum absolute atomic E-state index is 11.6. The fraction of sp³-hybridized carbons (Fsp3) is 0.455. The largest absolute Gasteiger partial charge is 0.388 e. The number of anilines is 2. The molecule has 0 bridgehead atoms.